The predicted molar refractivity (Wildman–Crippen MR) is 112 cm³/mol. The number of nitrogens with one attached hydrogen (secondary N) is 1. The van der Waals surface area contributed by atoms with Crippen molar-refractivity contribution >= 4 is 23.2 Å². The molecule has 1 N–H and O–H groups in total. The van der Waals surface area contributed by atoms with Gasteiger partial charge in [0.05, 0.1) is 0 Å². The lowest BCUT2D eigenvalue weighted by atomic mass is 10.00. The van der Waals surface area contributed by atoms with Gasteiger partial charge in [-0.25, -0.2) is 0 Å². The van der Waals surface area contributed by atoms with E-state index in [4.69, 9.17) is 4.74 Å². The van der Waals surface area contributed by atoms with Crippen LogP contribution in [0.25, 0.3) is 0 Å². The molecule has 0 aliphatic carbocycles. The van der Waals surface area contributed by atoms with Crippen molar-refractivity contribution in [1.29, 1.82) is 0 Å². The first kappa shape index (κ1) is 19.9. The molecule has 2 aromatic carbocycles. The molecule has 0 fully saturated rings. The summed E-state index contributed by atoms with van der Waals surface area (Å²) in [4.78, 5) is 26.2. The molecule has 0 atom stereocenters. The zero-order valence-electron chi connectivity index (χ0n) is 16.8. The van der Waals surface area contributed by atoms with Crippen LogP contribution in [0.2, 0.25) is 0 Å². The number of aryl methyl sites for hydroxylation is 1. The Hall–Kier alpha value is -2.82. The summed E-state index contributed by atoms with van der Waals surface area (Å²) >= 11 is 0. The number of carbonyl (C=O) groups excluding carboxylic acids is 2. The highest BCUT2D eigenvalue weighted by Crippen LogP contribution is 2.30. The van der Waals surface area contributed by atoms with Crippen LogP contribution in [0.3, 0.4) is 0 Å². The minimum Gasteiger partial charge on any atom is -0.484 e. The van der Waals surface area contributed by atoms with Crippen molar-refractivity contribution in [3.8, 4) is 5.75 Å². The van der Waals surface area contributed by atoms with E-state index in [1.807, 2.05) is 47.4 Å². The summed E-state index contributed by atoms with van der Waals surface area (Å²) in [5.74, 6) is 1.11. The molecule has 1 heterocycles. The number of rotatable bonds is 7. The largest absolute Gasteiger partial charge is 0.484 e. The van der Waals surface area contributed by atoms with Crippen LogP contribution in [0.5, 0.6) is 5.75 Å². The molecule has 0 saturated heterocycles. The number of nitrogens with zero attached hydrogens (tertiary/aromatic N) is 1. The molecule has 3 rings (SSSR count). The van der Waals surface area contributed by atoms with E-state index in [9.17, 15) is 9.59 Å². The predicted octanol–water partition coefficient (Wildman–Crippen LogP) is 4.52. The number of benzene rings is 2. The molecule has 0 saturated carbocycles. The topological polar surface area (TPSA) is 58.6 Å². The maximum atomic E-state index is 12.2. The molecule has 0 spiro atoms. The first-order valence-corrected chi connectivity index (χ1v) is 9.94. The van der Waals surface area contributed by atoms with Crippen molar-refractivity contribution in [3.63, 3.8) is 0 Å². The van der Waals surface area contributed by atoms with E-state index in [0.29, 0.717) is 24.5 Å². The van der Waals surface area contributed by atoms with Crippen LogP contribution in [0, 0.1) is 0 Å². The summed E-state index contributed by atoms with van der Waals surface area (Å²) in [6, 6.07) is 13.5. The molecule has 2 amide bonds. The molecule has 148 valence electrons. The first-order chi connectivity index (χ1) is 13.5. The second-order valence-electron chi connectivity index (χ2n) is 7.45. The van der Waals surface area contributed by atoms with Crippen LogP contribution in [0.4, 0.5) is 11.4 Å². The van der Waals surface area contributed by atoms with Crippen LogP contribution in [0.1, 0.15) is 50.7 Å². The van der Waals surface area contributed by atoms with Crippen LogP contribution < -0.4 is 15.0 Å². The number of amides is 2. The molecule has 0 aromatic heterocycles. The molecule has 5 heteroatoms. The van der Waals surface area contributed by atoms with Gasteiger partial charge in [-0.3, -0.25) is 9.59 Å². The minimum atomic E-state index is -0.204. The number of hydrogen-bond donors (Lipinski definition) is 1. The highest BCUT2D eigenvalue weighted by atomic mass is 16.5. The smallest absolute Gasteiger partial charge is 0.262 e. The highest BCUT2D eigenvalue weighted by Gasteiger charge is 2.23. The SMILES string of the molecule is CCCN1C(=O)CCc2cc(NC(=O)COc3ccc(C(C)C)cc3)ccc21. The molecule has 1 aliphatic heterocycles. The van der Waals surface area contributed by atoms with Crippen molar-refractivity contribution in [2.24, 2.45) is 0 Å². The van der Waals surface area contributed by atoms with Gasteiger partial charge in [0, 0.05) is 24.3 Å². The third-order valence-corrected chi connectivity index (χ3v) is 4.93. The van der Waals surface area contributed by atoms with Crippen LogP contribution >= 0.6 is 0 Å². The van der Waals surface area contributed by atoms with Gasteiger partial charge in [-0.05, 0) is 60.2 Å². The van der Waals surface area contributed by atoms with Gasteiger partial charge < -0.3 is 15.0 Å². The molecule has 2 aromatic rings. The molecule has 5 nitrogen and oxygen atoms in total. The lowest BCUT2D eigenvalue weighted by Gasteiger charge is -2.29. The molecular formula is C23H28N2O3. The zero-order chi connectivity index (χ0) is 20.1. The molecular weight excluding hydrogens is 352 g/mol. The molecule has 28 heavy (non-hydrogen) atoms. The number of hydrogen-bond acceptors (Lipinski definition) is 3. The fourth-order valence-electron chi connectivity index (χ4n) is 3.40. The molecule has 1 aliphatic rings. The van der Waals surface area contributed by atoms with E-state index in [1.54, 1.807) is 0 Å². The summed E-state index contributed by atoms with van der Waals surface area (Å²) in [6.07, 6.45) is 2.13. The van der Waals surface area contributed by atoms with Crippen molar-refractivity contribution in [2.45, 2.75) is 46.0 Å². The van der Waals surface area contributed by atoms with E-state index in [0.717, 1.165) is 29.9 Å². The molecule has 0 bridgehead atoms. The summed E-state index contributed by atoms with van der Waals surface area (Å²) < 4.78 is 5.59. The number of carbonyl (C=O) groups is 2. The first-order valence-electron chi connectivity index (χ1n) is 9.94. The van der Waals surface area contributed by atoms with Gasteiger partial charge in [-0.15, -0.1) is 0 Å². The Bertz CT molecular complexity index is 843. The third kappa shape index (κ3) is 4.71. The quantitative estimate of drug-likeness (QED) is 0.768. The van der Waals surface area contributed by atoms with Crippen molar-refractivity contribution < 1.29 is 14.3 Å². The van der Waals surface area contributed by atoms with Gasteiger partial charge in [-0.1, -0.05) is 32.9 Å². The number of fused-ring (bicyclic) bond motifs is 1. The lowest BCUT2D eigenvalue weighted by Crippen LogP contribution is -2.35. The maximum Gasteiger partial charge on any atom is 0.262 e. The Morgan fingerprint density at radius 1 is 1.14 bits per heavy atom. The molecule has 0 unspecified atom stereocenters. The summed E-state index contributed by atoms with van der Waals surface area (Å²) in [5, 5.41) is 2.88. The van der Waals surface area contributed by atoms with Crippen LogP contribution in [-0.2, 0) is 16.0 Å². The van der Waals surface area contributed by atoms with Gasteiger partial charge in [0.1, 0.15) is 5.75 Å². The maximum absolute atomic E-state index is 12.2. The van der Waals surface area contributed by atoms with Crippen molar-refractivity contribution in [2.75, 3.05) is 23.4 Å². The van der Waals surface area contributed by atoms with E-state index >= 15 is 0 Å². The summed E-state index contributed by atoms with van der Waals surface area (Å²) in [5.41, 5.74) is 4.02. The Labute approximate surface area is 166 Å². The fourth-order valence-corrected chi connectivity index (χ4v) is 3.40. The summed E-state index contributed by atoms with van der Waals surface area (Å²) in [7, 11) is 0. The van der Waals surface area contributed by atoms with Crippen LogP contribution in [-0.4, -0.2) is 25.0 Å². The standard InChI is InChI=1S/C23H28N2O3/c1-4-13-25-21-11-8-19(14-18(21)7-12-23(25)27)24-22(26)15-28-20-9-5-17(6-10-20)16(2)3/h5-6,8-11,14,16H,4,7,12-13,15H2,1-3H3,(H,24,26). The van der Waals surface area contributed by atoms with Gasteiger partial charge in [0.25, 0.3) is 5.91 Å². The number of ether oxygens (including phenoxy) is 1. The van der Waals surface area contributed by atoms with E-state index in [1.165, 1.54) is 5.56 Å². The van der Waals surface area contributed by atoms with Gasteiger partial charge in [-0.2, -0.15) is 0 Å². The zero-order valence-corrected chi connectivity index (χ0v) is 16.8. The second-order valence-corrected chi connectivity index (χ2v) is 7.45. The van der Waals surface area contributed by atoms with Crippen LogP contribution in [0.15, 0.2) is 42.5 Å². The summed E-state index contributed by atoms with van der Waals surface area (Å²) in [6.45, 7) is 7.02. The third-order valence-electron chi connectivity index (χ3n) is 4.93. The van der Waals surface area contributed by atoms with E-state index in [2.05, 4.69) is 26.1 Å². The Kier molecular flexibility index (Phi) is 6.34. The van der Waals surface area contributed by atoms with Crippen molar-refractivity contribution in [3.05, 3.63) is 53.6 Å². The Morgan fingerprint density at radius 3 is 2.57 bits per heavy atom. The van der Waals surface area contributed by atoms with E-state index in [-0.39, 0.29) is 18.4 Å². The number of anilines is 2. The Morgan fingerprint density at radius 2 is 1.89 bits per heavy atom. The van der Waals surface area contributed by atoms with Gasteiger partial charge in [0.15, 0.2) is 6.61 Å². The average Bonchev–Trinajstić information content (AvgIpc) is 2.69. The lowest BCUT2D eigenvalue weighted by molar-refractivity contribution is -0.119. The average molecular weight is 380 g/mol. The van der Waals surface area contributed by atoms with E-state index < -0.39 is 0 Å². The highest BCUT2D eigenvalue weighted by molar-refractivity contribution is 5.97. The second kappa shape index (κ2) is 8.91. The normalized spacial score (nSPS) is 13.4. The van der Waals surface area contributed by atoms with Gasteiger partial charge >= 0.3 is 0 Å². The molecule has 0 radical (unpaired) electrons. The minimum absolute atomic E-state index is 0.0431. The van der Waals surface area contributed by atoms with Crippen molar-refractivity contribution in [1.82, 2.24) is 0 Å². The fraction of sp³-hybridized carbons (Fsp3) is 0.391. The Balaban J connectivity index is 1.59. The van der Waals surface area contributed by atoms with Gasteiger partial charge in [0.2, 0.25) is 5.91 Å². The monoisotopic (exact) mass is 380 g/mol.